The summed E-state index contributed by atoms with van der Waals surface area (Å²) in [6.45, 7) is 5.28. The second-order valence-electron chi connectivity index (χ2n) is 9.30. The first kappa shape index (κ1) is 25.9. The van der Waals surface area contributed by atoms with Crippen molar-refractivity contribution in [3.05, 3.63) is 98.9 Å². The molecule has 1 atom stereocenters. The van der Waals surface area contributed by atoms with Gasteiger partial charge in [-0.3, -0.25) is 14.5 Å². The van der Waals surface area contributed by atoms with E-state index in [1.807, 2.05) is 55.5 Å². The van der Waals surface area contributed by atoms with E-state index in [0.29, 0.717) is 46.2 Å². The normalized spacial score (nSPS) is 14.7. The Hall–Kier alpha value is -3.77. The molecule has 38 heavy (non-hydrogen) atoms. The van der Waals surface area contributed by atoms with Gasteiger partial charge >= 0.3 is 0 Å². The number of halogens is 1. The molecule has 0 bridgehead atoms. The monoisotopic (exact) mass is 531 g/mol. The van der Waals surface area contributed by atoms with Gasteiger partial charge in [-0.05, 0) is 73.5 Å². The summed E-state index contributed by atoms with van der Waals surface area (Å²) >= 11 is 6.19. The summed E-state index contributed by atoms with van der Waals surface area (Å²) in [5.74, 6) is 1.12. The largest absolute Gasteiger partial charge is 0.494 e. The van der Waals surface area contributed by atoms with Gasteiger partial charge in [0.1, 0.15) is 17.1 Å². The molecule has 1 aliphatic heterocycles. The molecule has 0 spiro atoms. The van der Waals surface area contributed by atoms with E-state index in [9.17, 15) is 9.59 Å². The Balaban J connectivity index is 1.56. The predicted molar refractivity (Wildman–Crippen MR) is 150 cm³/mol. The van der Waals surface area contributed by atoms with E-state index in [1.54, 1.807) is 23.1 Å². The van der Waals surface area contributed by atoms with Crippen LogP contribution in [0.3, 0.4) is 0 Å². The fourth-order valence-electron chi connectivity index (χ4n) is 4.86. The quantitative estimate of drug-likeness (QED) is 0.197. The molecule has 6 nitrogen and oxygen atoms in total. The molecule has 196 valence electrons. The van der Waals surface area contributed by atoms with Crippen LogP contribution in [0, 0.1) is 0 Å². The topological polar surface area (TPSA) is 69.0 Å². The molecular weight excluding hydrogens is 502 g/mol. The molecule has 5 rings (SSSR count). The van der Waals surface area contributed by atoms with E-state index < -0.39 is 6.04 Å². The van der Waals surface area contributed by atoms with Crippen LogP contribution in [-0.2, 0) is 0 Å². The molecule has 7 heteroatoms. The molecule has 2 heterocycles. The van der Waals surface area contributed by atoms with Gasteiger partial charge in [-0.25, -0.2) is 0 Å². The van der Waals surface area contributed by atoms with Gasteiger partial charge in [0.25, 0.3) is 5.91 Å². The van der Waals surface area contributed by atoms with Crippen molar-refractivity contribution in [2.75, 3.05) is 18.1 Å². The van der Waals surface area contributed by atoms with E-state index in [-0.39, 0.29) is 17.1 Å². The molecule has 0 fully saturated rings. The van der Waals surface area contributed by atoms with Crippen LogP contribution in [0.15, 0.2) is 75.9 Å². The number of unbranched alkanes of at least 4 members (excludes halogenated alkanes) is 3. The highest BCUT2D eigenvalue weighted by atomic mass is 35.5. The molecule has 3 aromatic carbocycles. The van der Waals surface area contributed by atoms with E-state index in [4.69, 9.17) is 25.5 Å². The minimum absolute atomic E-state index is 0.0416. The van der Waals surface area contributed by atoms with Crippen molar-refractivity contribution in [3.8, 4) is 11.5 Å². The van der Waals surface area contributed by atoms with Gasteiger partial charge in [0.15, 0.2) is 5.43 Å². The van der Waals surface area contributed by atoms with Crippen molar-refractivity contribution in [1.82, 2.24) is 0 Å². The van der Waals surface area contributed by atoms with E-state index in [1.165, 1.54) is 12.8 Å². The summed E-state index contributed by atoms with van der Waals surface area (Å²) < 4.78 is 17.5. The molecule has 0 aliphatic carbocycles. The molecular formula is C31H30ClNO5. The number of nitrogens with zero attached hydrogens (tertiary/aromatic N) is 1. The number of carbonyl (C=O) groups excluding carboxylic acids is 1. The van der Waals surface area contributed by atoms with Gasteiger partial charge in [-0.2, -0.15) is 0 Å². The van der Waals surface area contributed by atoms with Crippen LogP contribution in [0.1, 0.15) is 67.3 Å². The fourth-order valence-corrected chi connectivity index (χ4v) is 5.03. The maximum absolute atomic E-state index is 13.8. The van der Waals surface area contributed by atoms with Crippen LogP contribution >= 0.6 is 11.6 Å². The van der Waals surface area contributed by atoms with Gasteiger partial charge in [0.05, 0.1) is 30.2 Å². The number of anilines is 1. The summed E-state index contributed by atoms with van der Waals surface area (Å²) in [7, 11) is 0. The predicted octanol–water partition coefficient (Wildman–Crippen LogP) is 7.55. The molecule has 1 aliphatic rings. The first-order valence-electron chi connectivity index (χ1n) is 13.1. The maximum atomic E-state index is 13.8. The minimum Gasteiger partial charge on any atom is -0.494 e. The van der Waals surface area contributed by atoms with Crippen LogP contribution in [0.25, 0.3) is 11.0 Å². The number of hydrogen-bond donors (Lipinski definition) is 0. The van der Waals surface area contributed by atoms with Crippen molar-refractivity contribution < 1.29 is 18.7 Å². The summed E-state index contributed by atoms with van der Waals surface area (Å²) in [6.07, 6.45) is 4.51. The zero-order valence-electron chi connectivity index (χ0n) is 21.5. The molecule has 4 aromatic rings. The van der Waals surface area contributed by atoms with Crippen molar-refractivity contribution in [2.24, 2.45) is 0 Å². The Kier molecular flexibility index (Phi) is 7.70. The Morgan fingerprint density at radius 1 is 0.868 bits per heavy atom. The Morgan fingerprint density at radius 2 is 1.58 bits per heavy atom. The summed E-state index contributed by atoms with van der Waals surface area (Å²) in [5.41, 5.74) is 1.76. The average molecular weight is 532 g/mol. The third-order valence-electron chi connectivity index (χ3n) is 6.72. The van der Waals surface area contributed by atoms with Gasteiger partial charge in [-0.1, -0.05) is 49.9 Å². The molecule has 1 unspecified atom stereocenters. The van der Waals surface area contributed by atoms with E-state index in [2.05, 4.69) is 6.92 Å². The second-order valence-corrected chi connectivity index (χ2v) is 9.73. The molecule has 1 aromatic heterocycles. The molecule has 0 saturated heterocycles. The first-order valence-corrected chi connectivity index (χ1v) is 13.4. The number of hydrogen-bond acceptors (Lipinski definition) is 5. The summed E-state index contributed by atoms with van der Waals surface area (Å²) in [6, 6.07) is 19.0. The van der Waals surface area contributed by atoms with Crippen LogP contribution in [-0.4, -0.2) is 19.1 Å². The maximum Gasteiger partial charge on any atom is 0.295 e. The molecule has 0 radical (unpaired) electrons. The van der Waals surface area contributed by atoms with Crippen molar-refractivity contribution in [2.45, 2.75) is 45.6 Å². The molecule has 0 N–H and O–H groups in total. The number of fused-ring (bicyclic) bond motifs is 2. The van der Waals surface area contributed by atoms with Crippen LogP contribution in [0.4, 0.5) is 5.69 Å². The average Bonchev–Trinajstić information content (AvgIpc) is 3.22. The van der Waals surface area contributed by atoms with Gasteiger partial charge in [-0.15, -0.1) is 0 Å². The zero-order valence-corrected chi connectivity index (χ0v) is 22.3. The Bertz CT molecular complexity index is 1490. The van der Waals surface area contributed by atoms with Gasteiger partial charge in [0.2, 0.25) is 5.76 Å². The summed E-state index contributed by atoms with van der Waals surface area (Å²) in [4.78, 5) is 29.1. The van der Waals surface area contributed by atoms with Crippen LogP contribution in [0.5, 0.6) is 11.5 Å². The number of benzene rings is 3. The lowest BCUT2D eigenvalue weighted by Crippen LogP contribution is -2.29. The standard InChI is InChI=1S/C31H30ClNO5/c1-3-5-6-7-18-37-24-13-8-20(9-14-24)28-27-29(34)25-19-21(32)10-17-26(25)38-30(27)31(35)33(28)22-11-15-23(16-12-22)36-4-2/h8-17,19,28H,3-7,18H2,1-2H3. The van der Waals surface area contributed by atoms with E-state index in [0.717, 1.165) is 24.2 Å². The Morgan fingerprint density at radius 3 is 2.29 bits per heavy atom. The number of rotatable bonds is 10. The molecule has 0 saturated carbocycles. The van der Waals surface area contributed by atoms with Gasteiger partial charge in [0, 0.05) is 10.7 Å². The second kappa shape index (κ2) is 11.3. The number of carbonyl (C=O) groups is 1. The highest BCUT2D eigenvalue weighted by Gasteiger charge is 2.43. The third-order valence-corrected chi connectivity index (χ3v) is 6.96. The SMILES string of the molecule is CCCCCCOc1ccc(C2c3c(oc4ccc(Cl)cc4c3=O)C(=O)N2c2ccc(OCC)cc2)cc1. The van der Waals surface area contributed by atoms with Crippen LogP contribution in [0.2, 0.25) is 5.02 Å². The zero-order chi connectivity index (χ0) is 26.6. The third kappa shape index (κ3) is 5.01. The van der Waals surface area contributed by atoms with E-state index >= 15 is 0 Å². The highest BCUT2D eigenvalue weighted by molar-refractivity contribution is 6.31. The first-order chi connectivity index (χ1) is 18.5. The smallest absolute Gasteiger partial charge is 0.295 e. The summed E-state index contributed by atoms with van der Waals surface area (Å²) in [5, 5.41) is 0.768. The lowest BCUT2D eigenvalue weighted by Gasteiger charge is -2.25. The van der Waals surface area contributed by atoms with Gasteiger partial charge < -0.3 is 13.9 Å². The lowest BCUT2D eigenvalue weighted by molar-refractivity contribution is 0.0971. The number of amides is 1. The van der Waals surface area contributed by atoms with Crippen LogP contribution < -0.4 is 19.8 Å². The lowest BCUT2D eigenvalue weighted by atomic mass is 9.98. The fraction of sp³-hybridized carbons (Fsp3) is 0.290. The highest BCUT2D eigenvalue weighted by Crippen LogP contribution is 2.42. The minimum atomic E-state index is -0.673. The van der Waals surface area contributed by atoms with Crippen molar-refractivity contribution in [3.63, 3.8) is 0 Å². The van der Waals surface area contributed by atoms with Crippen molar-refractivity contribution in [1.29, 1.82) is 0 Å². The van der Waals surface area contributed by atoms with Crippen molar-refractivity contribution >= 4 is 34.2 Å². The molecule has 1 amide bonds. The Labute approximate surface area is 226 Å². The number of ether oxygens (including phenoxy) is 2.